The molecule has 1 aromatic rings. The van der Waals surface area contributed by atoms with Gasteiger partial charge in [0.15, 0.2) is 5.78 Å². The molecule has 136 valence electrons. The molecule has 1 saturated heterocycles. The Balaban J connectivity index is 1.85. The maximum Gasteiger partial charge on any atom is 0.410 e. The van der Waals surface area contributed by atoms with Gasteiger partial charge in [0.1, 0.15) is 5.60 Å². The first-order valence-electron chi connectivity index (χ1n) is 8.30. The fourth-order valence-corrected chi connectivity index (χ4v) is 2.54. The van der Waals surface area contributed by atoms with E-state index in [0.717, 1.165) is 0 Å². The quantitative estimate of drug-likeness (QED) is 0.823. The van der Waals surface area contributed by atoms with E-state index in [9.17, 15) is 14.4 Å². The summed E-state index contributed by atoms with van der Waals surface area (Å²) in [5, 5.41) is 5.55. The Labute approximate surface area is 147 Å². The zero-order chi connectivity index (χ0) is 18.6. The minimum atomic E-state index is -0.540. The van der Waals surface area contributed by atoms with E-state index in [1.807, 2.05) is 20.8 Å². The SMILES string of the molecule is CC(=O)c1cccc(NC(=O)N[C@H]2CCN(C(=O)OC(C)(C)C)C2)c1. The van der Waals surface area contributed by atoms with Crippen LogP contribution in [0.1, 0.15) is 44.5 Å². The molecule has 0 saturated carbocycles. The smallest absolute Gasteiger partial charge is 0.410 e. The van der Waals surface area contributed by atoms with Crippen molar-refractivity contribution in [1.29, 1.82) is 0 Å². The second kappa shape index (κ2) is 7.55. The van der Waals surface area contributed by atoms with Crippen LogP contribution in [0, 0.1) is 0 Å². The van der Waals surface area contributed by atoms with E-state index in [4.69, 9.17) is 4.74 Å². The third-order valence-electron chi connectivity index (χ3n) is 3.70. The second-order valence-electron chi connectivity index (χ2n) is 7.15. The van der Waals surface area contributed by atoms with Crippen LogP contribution in [0.15, 0.2) is 24.3 Å². The topological polar surface area (TPSA) is 87.7 Å². The molecule has 25 heavy (non-hydrogen) atoms. The number of nitrogens with one attached hydrogen (secondary N) is 2. The number of hydrogen-bond acceptors (Lipinski definition) is 4. The minimum absolute atomic E-state index is 0.0622. The number of nitrogens with zero attached hydrogens (tertiary/aromatic N) is 1. The first-order valence-corrected chi connectivity index (χ1v) is 8.30. The highest BCUT2D eigenvalue weighted by molar-refractivity contribution is 5.96. The summed E-state index contributed by atoms with van der Waals surface area (Å²) in [7, 11) is 0. The zero-order valence-corrected chi connectivity index (χ0v) is 15.1. The second-order valence-corrected chi connectivity index (χ2v) is 7.15. The normalized spacial score (nSPS) is 17.1. The molecule has 1 aliphatic rings. The lowest BCUT2D eigenvalue weighted by Crippen LogP contribution is -2.41. The van der Waals surface area contributed by atoms with Crippen molar-refractivity contribution >= 4 is 23.6 Å². The van der Waals surface area contributed by atoms with Crippen LogP contribution >= 0.6 is 0 Å². The Morgan fingerprint density at radius 3 is 2.60 bits per heavy atom. The van der Waals surface area contributed by atoms with E-state index in [1.165, 1.54) is 6.92 Å². The number of ether oxygens (including phenoxy) is 1. The Morgan fingerprint density at radius 2 is 1.96 bits per heavy atom. The molecule has 1 aliphatic heterocycles. The Hall–Kier alpha value is -2.57. The van der Waals surface area contributed by atoms with Crippen molar-refractivity contribution in [3.63, 3.8) is 0 Å². The summed E-state index contributed by atoms with van der Waals surface area (Å²) in [6.45, 7) is 7.89. The molecule has 1 heterocycles. The number of benzene rings is 1. The molecule has 1 aromatic carbocycles. The molecule has 0 bridgehead atoms. The van der Waals surface area contributed by atoms with Crippen LogP contribution in [-0.2, 0) is 4.74 Å². The van der Waals surface area contributed by atoms with Gasteiger partial charge in [0, 0.05) is 30.4 Å². The van der Waals surface area contributed by atoms with Crippen LogP contribution in [0.25, 0.3) is 0 Å². The van der Waals surface area contributed by atoms with Crippen LogP contribution < -0.4 is 10.6 Å². The standard InChI is InChI=1S/C18H25N3O4/c1-12(22)13-6-5-7-14(10-13)19-16(23)20-15-8-9-21(11-15)17(24)25-18(2,3)4/h5-7,10,15H,8-9,11H2,1-4H3,(H2,19,20,23)/t15-/m0/s1. The van der Waals surface area contributed by atoms with Crippen molar-refractivity contribution in [2.45, 2.75) is 45.8 Å². The third-order valence-corrected chi connectivity index (χ3v) is 3.70. The molecule has 0 unspecified atom stereocenters. The number of hydrogen-bond donors (Lipinski definition) is 2. The molecule has 3 amide bonds. The van der Waals surface area contributed by atoms with Crippen LogP contribution in [0.3, 0.4) is 0 Å². The Bertz CT molecular complexity index is 667. The van der Waals surface area contributed by atoms with Gasteiger partial charge >= 0.3 is 12.1 Å². The van der Waals surface area contributed by atoms with Gasteiger partial charge in [0.2, 0.25) is 0 Å². The monoisotopic (exact) mass is 347 g/mol. The molecule has 1 atom stereocenters. The van der Waals surface area contributed by atoms with Crippen molar-refractivity contribution in [2.24, 2.45) is 0 Å². The lowest BCUT2D eigenvalue weighted by Gasteiger charge is -2.24. The van der Waals surface area contributed by atoms with Crippen molar-refractivity contribution in [2.75, 3.05) is 18.4 Å². The van der Waals surface area contributed by atoms with Gasteiger partial charge < -0.3 is 20.3 Å². The maximum atomic E-state index is 12.1. The number of ketones is 1. The van der Waals surface area contributed by atoms with Crippen molar-refractivity contribution in [1.82, 2.24) is 10.2 Å². The van der Waals surface area contributed by atoms with Crippen molar-refractivity contribution < 1.29 is 19.1 Å². The molecule has 1 fully saturated rings. The number of urea groups is 1. The van der Waals surface area contributed by atoms with E-state index in [0.29, 0.717) is 30.8 Å². The number of Topliss-reactive ketones (excluding diaryl/α,β-unsaturated/α-hetero) is 1. The highest BCUT2D eigenvalue weighted by Gasteiger charge is 2.30. The number of anilines is 1. The molecular weight excluding hydrogens is 322 g/mol. The summed E-state index contributed by atoms with van der Waals surface area (Å²) in [4.78, 5) is 37.1. The van der Waals surface area contributed by atoms with Gasteiger partial charge in [0.25, 0.3) is 0 Å². The number of amides is 3. The summed E-state index contributed by atoms with van der Waals surface area (Å²) in [6, 6.07) is 6.25. The predicted octanol–water partition coefficient (Wildman–Crippen LogP) is 3.02. The lowest BCUT2D eigenvalue weighted by molar-refractivity contribution is 0.0291. The van der Waals surface area contributed by atoms with E-state index < -0.39 is 5.60 Å². The summed E-state index contributed by atoms with van der Waals surface area (Å²) in [5.74, 6) is -0.0622. The van der Waals surface area contributed by atoms with Crippen LogP contribution in [0.4, 0.5) is 15.3 Å². The van der Waals surface area contributed by atoms with Gasteiger partial charge in [0.05, 0.1) is 0 Å². The average Bonchev–Trinajstić information content (AvgIpc) is 2.94. The first kappa shape index (κ1) is 18.8. The Kier molecular flexibility index (Phi) is 5.66. The number of carbonyl (C=O) groups excluding carboxylic acids is 3. The van der Waals surface area contributed by atoms with Gasteiger partial charge in [-0.15, -0.1) is 0 Å². The maximum absolute atomic E-state index is 12.1. The fraction of sp³-hybridized carbons (Fsp3) is 0.500. The summed E-state index contributed by atoms with van der Waals surface area (Å²) >= 11 is 0. The molecule has 0 spiro atoms. The molecule has 2 N–H and O–H groups in total. The van der Waals surface area contributed by atoms with Crippen LogP contribution in [-0.4, -0.2) is 47.5 Å². The average molecular weight is 347 g/mol. The van der Waals surface area contributed by atoms with Gasteiger partial charge in [-0.1, -0.05) is 12.1 Å². The molecule has 7 nitrogen and oxygen atoms in total. The van der Waals surface area contributed by atoms with Crippen LogP contribution in [0.2, 0.25) is 0 Å². The third kappa shape index (κ3) is 5.77. The van der Waals surface area contributed by atoms with E-state index >= 15 is 0 Å². The summed E-state index contributed by atoms with van der Waals surface area (Å²) < 4.78 is 5.33. The van der Waals surface area contributed by atoms with Gasteiger partial charge in [-0.3, -0.25) is 4.79 Å². The van der Waals surface area contributed by atoms with Crippen LogP contribution in [0.5, 0.6) is 0 Å². The first-order chi connectivity index (χ1) is 11.6. The number of rotatable bonds is 3. The van der Waals surface area contributed by atoms with Crippen molar-refractivity contribution in [3.05, 3.63) is 29.8 Å². The highest BCUT2D eigenvalue weighted by Crippen LogP contribution is 2.16. The molecule has 0 aliphatic carbocycles. The van der Waals surface area contributed by atoms with E-state index in [1.54, 1.807) is 29.2 Å². The molecular formula is C18H25N3O4. The largest absolute Gasteiger partial charge is 0.444 e. The van der Waals surface area contributed by atoms with Crippen molar-refractivity contribution in [3.8, 4) is 0 Å². The van der Waals surface area contributed by atoms with E-state index in [2.05, 4.69) is 10.6 Å². The summed E-state index contributed by atoms with van der Waals surface area (Å²) in [5.41, 5.74) is 0.545. The predicted molar refractivity (Wildman–Crippen MR) is 94.8 cm³/mol. The minimum Gasteiger partial charge on any atom is -0.444 e. The van der Waals surface area contributed by atoms with Gasteiger partial charge in [-0.05, 0) is 46.2 Å². The lowest BCUT2D eigenvalue weighted by atomic mass is 10.1. The Morgan fingerprint density at radius 1 is 1.24 bits per heavy atom. The number of carbonyl (C=O) groups is 3. The van der Waals surface area contributed by atoms with E-state index in [-0.39, 0.29) is 23.9 Å². The summed E-state index contributed by atoms with van der Waals surface area (Å²) in [6.07, 6.45) is 0.298. The van der Waals surface area contributed by atoms with Gasteiger partial charge in [-0.25, -0.2) is 9.59 Å². The highest BCUT2D eigenvalue weighted by atomic mass is 16.6. The zero-order valence-electron chi connectivity index (χ0n) is 15.1. The fourth-order valence-electron chi connectivity index (χ4n) is 2.54. The molecule has 0 aromatic heterocycles. The molecule has 0 radical (unpaired) electrons. The molecule has 2 rings (SSSR count). The number of likely N-dealkylation sites (tertiary alicyclic amines) is 1. The molecule has 7 heteroatoms. The van der Waals surface area contributed by atoms with Gasteiger partial charge in [-0.2, -0.15) is 0 Å².